The maximum absolute atomic E-state index is 12.5. The molecule has 1 saturated heterocycles. The minimum Gasteiger partial charge on any atom is -0.355 e. The zero-order valence-corrected chi connectivity index (χ0v) is 14.9. The van der Waals surface area contributed by atoms with Gasteiger partial charge in [-0.15, -0.1) is 0 Å². The van der Waals surface area contributed by atoms with Crippen molar-refractivity contribution in [3.05, 3.63) is 0 Å². The van der Waals surface area contributed by atoms with E-state index in [1.54, 1.807) is 0 Å². The topological polar surface area (TPSA) is 75.4 Å². The van der Waals surface area contributed by atoms with Crippen molar-refractivity contribution in [2.75, 3.05) is 19.6 Å². The SMILES string of the molecule is CC(C)(C)C(=O)NCC1CCCN(C(=O)C[C@@H]2CCC[C@H]2N)C1. The Labute approximate surface area is 140 Å². The number of piperidine rings is 1. The third-order valence-corrected chi connectivity index (χ3v) is 5.26. The van der Waals surface area contributed by atoms with Crippen LogP contribution in [0.2, 0.25) is 0 Å². The molecule has 1 aliphatic carbocycles. The second-order valence-electron chi connectivity index (χ2n) is 8.37. The number of hydrogen-bond donors (Lipinski definition) is 2. The van der Waals surface area contributed by atoms with Crippen molar-refractivity contribution < 1.29 is 9.59 Å². The van der Waals surface area contributed by atoms with Gasteiger partial charge in [0.05, 0.1) is 0 Å². The first-order valence-corrected chi connectivity index (χ1v) is 9.09. The molecule has 2 amide bonds. The van der Waals surface area contributed by atoms with Crippen LogP contribution in [0.3, 0.4) is 0 Å². The summed E-state index contributed by atoms with van der Waals surface area (Å²) >= 11 is 0. The van der Waals surface area contributed by atoms with Crippen molar-refractivity contribution in [2.24, 2.45) is 23.0 Å². The predicted octanol–water partition coefficient (Wildman–Crippen LogP) is 1.90. The first kappa shape index (κ1) is 18.2. The number of nitrogens with two attached hydrogens (primary N) is 1. The Morgan fingerprint density at radius 1 is 1.17 bits per heavy atom. The summed E-state index contributed by atoms with van der Waals surface area (Å²) < 4.78 is 0. The molecule has 3 N–H and O–H groups in total. The summed E-state index contributed by atoms with van der Waals surface area (Å²) in [4.78, 5) is 26.5. The van der Waals surface area contributed by atoms with Crippen molar-refractivity contribution >= 4 is 11.8 Å². The van der Waals surface area contributed by atoms with Gasteiger partial charge < -0.3 is 16.0 Å². The van der Waals surface area contributed by atoms with Gasteiger partial charge >= 0.3 is 0 Å². The van der Waals surface area contributed by atoms with Gasteiger partial charge in [0.1, 0.15) is 0 Å². The van der Waals surface area contributed by atoms with E-state index in [2.05, 4.69) is 5.32 Å². The number of rotatable bonds is 4. The van der Waals surface area contributed by atoms with Gasteiger partial charge in [-0.25, -0.2) is 0 Å². The largest absolute Gasteiger partial charge is 0.355 e. The summed E-state index contributed by atoms with van der Waals surface area (Å²) in [5.74, 6) is 1.07. The van der Waals surface area contributed by atoms with Crippen molar-refractivity contribution in [1.29, 1.82) is 0 Å². The Hall–Kier alpha value is -1.10. The lowest BCUT2D eigenvalue weighted by molar-refractivity contribution is -0.134. The van der Waals surface area contributed by atoms with Crippen LogP contribution in [0, 0.1) is 17.3 Å². The number of carbonyl (C=O) groups excluding carboxylic acids is 2. The molecule has 0 aromatic carbocycles. The normalized spacial score (nSPS) is 28.7. The molecule has 3 atom stereocenters. The van der Waals surface area contributed by atoms with Gasteiger partial charge in [0.15, 0.2) is 0 Å². The lowest BCUT2D eigenvalue weighted by Crippen LogP contribution is -2.46. The maximum Gasteiger partial charge on any atom is 0.225 e. The molecule has 5 heteroatoms. The van der Waals surface area contributed by atoms with E-state index in [0.717, 1.165) is 45.2 Å². The minimum absolute atomic E-state index is 0.0814. The molecule has 0 spiro atoms. The van der Waals surface area contributed by atoms with Gasteiger partial charge in [-0.05, 0) is 37.5 Å². The Kier molecular flexibility index (Phi) is 6.06. The van der Waals surface area contributed by atoms with Gasteiger partial charge in [-0.3, -0.25) is 9.59 Å². The van der Waals surface area contributed by atoms with E-state index in [4.69, 9.17) is 5.73 Å². The second kappa shape index (κ2) is 7.65. The Morgan fingerprint density at radius 3 is 2.52 bits per heavy atom. The molecule has 0 radical (unpaired) electrons. The van der Waals surface area contributed by atoms with Crippen LogP contribution in [0.5, 0.6) is 0 Å². The number of nitrogens with one attached hydrogen (secondary N) is 1. The number of hydrogen-bond acceptors (Lipinski definition) is 3. The first-order valence-electron chi connectivity index (χ1n) is 9.09. The van der Waals surface area contributed by atoms with Crippen LogP contribution in [-0.2, 0) is 9.59 Å². The highest BCUT2D eigenvalue weighted by atomic mass is 16.2. The maximum atomic E-state index is 12.5. The fourth-order valence-corrected chi connectivity index (χ4v) is 3.63. The van der Waals surface area contributed by atoms with Crippen LogP contribution < -0.4 is 11.1 Å². The molecule has 1 unspecified atom stereocenters. The third-order valence-electron chi connectivity index (χ3n) is 5.26. The van der Waals surface area contributed by atoms with Crippen LogP contribution >= 0.6 is 0 Å². The lowest BCUT2D eigenvalue weighted by Gasteiger charge is -2.34. The van der Waals surface area contributed by atoms with Crippen LogP contribution in [0.4, 0.5) is 0 Å². The van der Waals surface area contributed by atoms with Crippen molar-refractivity contribution in [1.82, 2.24) is 10.2 Å². The van der Waals surface area contributed by atoms with Crippen molar-refractivity contribution in [3.63, 3.8) is 0 Å². The molecule has 132 valence electrons. The molecule has 23 heavy (non-hydrogen) atoms. The van der Waals surface area contributed by atoms with E-state index in [0.29, 0.717) is 24.8 Å². The van der Waals surface area contributed by atoms with E-state index < -0.39 is 0 Å². The van der Waals surface area contributed by atoms with E-state index in [1.165, 1.54) is 0 Å². The first-order chi connectivity index (χ1) is 10.8. The molecule has 1 aliphatic heterocycles. The molecular formula is C18H33N3O2. The average Bonchev–Trinajstić information content (AvgIpc) is 2.89. The Morgan fingerprint density at radius 2 is 1.91 bits per heavy atom. The molecular weight excluding hydrogens is 290 g/mol. The summed E-state index contributed by atoms with van der Waals surface area (Å²) in [6.07, 6.45) is 6.00. The van der Waals surface area contributed by atoms with Gasteiger partial charge in [0, 0.05) is 37.5 Å². The van der Waals surface area contributed by atoms with Crippen molar-refractivity contribution in [2.45, 2.75) is 65.3 Å². The number of carbonyl (C=O) groups is 2. The summed E-state index contributed by atoms with van der Waals surface area (Å²) in [5.41, 5.74) is 5.73. The number of nitrogens with zero attached hydrogens (tertiary/aromatic N) is 1. The molecule has 0 aromatic rings. The highest BCUT2D eigenvalue weighted by Gasteiger charge is 2.30. The molecule has 2 rings (SSSR count). The van der Waals surface area contributed by atoms with E-state index in [9.17, 15) is 9.59 Å². The molecule has 2 aliphatic rings. The zero-order chi connectivity index (χ0) is 17.0. The van der Waals surface area contributed by atoms with E-state index in [-0.39, 0.29) is 23.3 Å². The number of likely N-dealkylation sites (tertiary alicyclic amines) is 1. The fourth-order valence-electron chi connectivity index (χ4n) is 3.63. The molecule has 1 saturated carbocycles. The Bertz CT molecular complexity index is 430. The van der Waals surface area contributed by atoms with Gasteiger partial charge in [0.25, 0.3) is 0 Å². The summed E-state index contributed by atoms with van der Waals surface area (Å²) in [6, 6.07) is 0.200. The predicted molar refractivity (Wildman–Crippen MR) is 91.7 cm³/mol. The van der Waals surface area contributed by atoms with Crippen LogP contribution in [0.1, 0.15) is 59.3 Å². The van der Waals surface area contributed by atoms with Gasteiger partial charge in [-0.1, -0.05) is 27.2 Å². The summed E-state index contributed by atoms with van der Waals surface area (Å²) in [7, 11) is 0. The molecule has 2 fully saturated rings. The molecule has 0 bridgehead atoms. The highest BCUT2D eigenvalue weighted by Crippen LogP contribution is 2.28. The zero-order valence-electron chi connectivity index (χ0n) is 14.9. The molecule has 0 aromatic heterocycles. The van der Waals surface area contributed by atoms with E-state index >= 15 is 0 Å². The van der Waals surface area contributed by atoms with Gasteiger partial charge in [-0.2, -0.15) is 0 Å². The molecule has 1 heterocycles. The smallest absolute Gasteiger partial charge is 0.225 e. The monoisotopic (exact) mass is 323 g/mol. The Balaban J connectivity index is 1.78. The minimum atomic E-state index is -0.358. The average molecular weight is 323 g/mol. The quantitative estimate of drug-likeness (QED) is 0.830. The van der Waals surface area contributed by atoms with Crippen LogP contribution in [0.15, 0.2) is 0 Å². The van der Waals surface area contributed by atoms with E-state index in [1.807, 2.05) is 25.7 Å². The highest BCUT2D eigenvalue weighted by molar-refractivity contribution is 5.81. The lowest BCUT2D eigenvalue weighted by atomic mass is 9.93. The van der Waals surface area contributed by atoms with Crippen LogP contribution in [-0.4, -0.2) is 42.4 Å². The fraction of sp³-hybridized carbons (Fsp3) is 0.889. The summed E-state index contributed by atoms with van der Waals surface area (Å²) in [5, 5.41) is 3.04. The second-order valence-corrected chi connectivity index (χ2v) is 8.37. The third kappa shape index (κ3) is 5.20. The van der Waals surface area contributed by atoms with Crippen LogP contribution in [0.25, 0.3) is 0 Å². The van der Waals surface area contributed by atoms with Gasteiger partial charge in [0.2, 0.25) is 11.8 Å². The van der Waals surface area contributed by atoms with Crippen molar-refractivity contribution in [3.8, 4) is 0 Å². The summed E-state index contributed by atoms with van der Waals surface area (Å²) in [6.45, 7) is 8.05. The molecule has 5 nitrogen and oxygen atoms in total. The standard InChI is InChI=1S/C18H33N3O2/c1-18(2,3)17(23)20-11-13-6-5-9-21(12-13)16(22)10-14-7-4-8-15(14)19/h13-15H,4-12,19H2,1-3H3,(H,20,23)/t13?,14-,15+/m0/s1. The number of amides is 2.